The molecule has 0 aliphatic heterocycles. The van der Waals surface area contributed by atoms with Gasteiger partial charge in [0.15, 0.2) is 6.61 Å². The summed E-state index contributed by atoms with van der Waals surface area (Å²) in [7, 11) is 1.48. The van der Waals surface area contributed by atoms with Crippen LogP contribution in [-0.2, 0) is 9.53 Å². The van der Waals surface area contributed by atoms with E-state index in [0.29, 0.717) is 11.4 Å². The molecule has 0 spiro atoms. The summed E-state index contributed by atoms with van der Waals surface area (Å²) in [4.78, 5) is 27.1. The Hall–Kier alpha value is -3.85. The number of esters is 1. The molecule has 0 heterocycles. The molecule has 0 saturated carbocycles. The van der Waals surface area contributed by atoms with E-state index in [1.807, 2.05) is 56.3 Å². The van der Waals surface area contributed by atoms with Crippen LogP contribution in [0.2, 0.25) is 0 Å². The lowest BCUT2D eigenvalue weighted by atomic mass is 10.1. The van der Waals surface area contributed by atoms with Gasteiger partial charge in [-0.05, 0) is 60.0 Å². The van der Waals surface area contributed by atoms with Gasteiger partial charge < -0.3 is 14.4 Å². The van der Waals surface area contributed by atoms with E-state index in [1.165, 1.54) is 12.0 Å². The van der Waals surface area contributed by atoms with Gasteiger partial charge in [0.2, 0.25) is 0 Å². The van der Waals surface area contributed by atoms with Crippen LogP contribution in [0.15, 0.2) is 54.6 Å². The molecule has 0 aliphatic carbocycles. The highest BCUT2D eigenvalue weighted by atomic mass is 16.5. The number of anilines is 1. The van der Waals surface area contributed by atoms with Crippen molar-refractivity contribution in [1.29, 1.82) is 5.26 Å². The Balaban J connectivity index is 1.79. The molecule has 0 bridgehead atoms. The lowest BCUT2D eigenvalue weighted by molar-refractivity contribution is -0.121. The second-order valence-corrected chi connectivity index (χ2v) is 7.28. The van der Waals surface area contributed by atoms with Crippen LogP contribution < -0.4 is 9.64 Å². The zero-order valence-electron chi connectivity index (χ0n) is 17.8. The molecule has 158 valence electrons. The normalized spacial score (nSPS) is 10.4. The Bertz CT molecular complexity index is 1140. The maximum absolute atomic E-state index is 12.9. The van der Waals surface area contributed by atoms with E-state index in [-0.39, 0.29) is 18.5 Å². The zero-order chi connectivity index (χ0) is 22.4. The van der Waals surface area contributed by atoms with E-state index in [0.717, 1.165) is 21.9 Å². The van der Waals surface area contributed by atoms with Crippen LogP contribution in [0.25, 0.3) is 10.8 Å². The Kier molecular flexibility index (Phi) is 6.88. The number of nitriles is 1. The molecule has 0 radical (unpaired) electrons. The van der Waals surface area contributed by atoms with Crippen LogP contribution in [0.3, 0.4) is 0 Å². The summed E-state index contributed by atoms with van der Waals surface area (Å²) in [5, 5.41) is 10.8. The summed E-state index contributed by atoms with van der Waals surface area (Å²) in [5.41, 5.74) is 2.94. The quantitative estimate of drug-likeness (QED) is 0.527. The minimum atomic E-state index is -0.642. The van der Waals surface area contributed by atoms with Crippen LogP contribution in [0.4, 0.5) is 5.69 Å². The van der Waals surface area contributed by atoms with Crippen LogP contribution in [-0.4, -0.2) is 32.1 Å². The molecule has 0 aromatic heterocycles. The molecule has 1 amide bonds. The number of carbonyl (C=O) groups excluding carboxylic acids is 2. The van der Waals surface area contributed by atoms with E-state index in [1.54, 1.807) is 12.1 Å². The standard InChI is InChI=1S/C25H24N2O4/c1-17-11-18(2)13-21(12-17)27(10-6-9-26)24(28)16-31-25(29)22-14-19-7-4-5-8-20(19)15-23(22)30-3/h4-5,7-8,11-15H,6,10,16H2,1-3H3. The van der Waals surface area contributed by atoms with Gasteiger partial charge in [-0.2, -0.15) is 5.26 Å². The molecule has 3 aromatic rings. The first-order chi connectivity index (χ1) is 14.9. The molecule has 0 N–H and O–H groups in total. The molecular weight excluding hydrogens is 392 g/mol. The van der Waals surface area contributed by atoms with Crippen LogP contribution in [0, 0.1) is 25.2 Å². The first kappa shape index (κ1) is 21.8. The molecule has 0 aliphatic rings. The highest BCUT2D eigenvalue weighted by Crippen LogP contribution is 2.27. The van der Waals surface area contributed by atoms with Gasteiger partial charge >= 0.3 is 5.97 Å². The number of nitrogens with zero attached hydrogens (tertiary/aromatic N) is 2. The van der Waals surface area contributed by atoms with Crippen molar-refractivity contribution in [1.82, 2.24) is 0 Å². The maximum Gasteiger partial charge on any atom is 0.342 e. The summed E-state index contributed by atoms with van der Waals surface area (Å²) in [6.07, 6.45) is 0.172. The average molecular weight is 416 g/mol. The summed E-state index contributed by atoms with van der Waals surface area (Å²) >= 11 is 0. The molecule has 0 unspecified atom stereocenters. The lowest BCUT2D eigenvalue weighted by Crippen LogP contribution is -2.35. The van der Waals surface area contributed by atoms with Crippen LogP contribution in [0.1, 0.15) is 27.9 Å². The predicted octanol–water partition coefficient (Wildman–Crippen LogP) is 4.57. The number of hydrogen-bond acceptors (Lipinski definition) is 5. The van der Waals surface area contributed by atoms with Gasteiger partial charge in [0.05, 0.1) is 19.6 Å². The van der Waals surface area contributed by atoms with Gasteiger partial charge in [0, 0.05) is 12.2 Å². The Labute approximate surface area is 181 Å². The summed E-state index contributed by atoms with van der Waals surface area (Å²) in [6.45, 7) is 3.66. The number of benzene rings is 3. The second kappa shape index (κ2) is 9.77. The predicted molar refractivity (Wildman–Crippen MR) is 119 cm³/mol. The van der Waals surface area contributed by atoms with E-state index in [2.05, 4.69) is 6.07 Å². The molecular formula is C25H24N2O4. The fourth-order valence-electron chi connectivity index (χ4n) is 3.50. The van der Waals surface area contributed by atoms with Crippen molar-refractivity contribution in [3.8, 4) is 11.8 Å². The highest BCUT2D eigenvalue weighted by Gasteiger charge is 2.21. The third-order valence-corrected chi connectivity index (χ3v) is 4.88. The van der Waals surface area contributed by atoms with E-state index in [4.69, 9.17) is 14.7 Å². The zero-order valence-corrected chi connectivity index (χ0v) is 17.8. The Morgan fingerprint density at radius 2 is 1.65 bits per heavy atom. The molecule has 0 atom stereocenters. The van der Waals surface area contributed by atoms with E-state index < -0.39 is 18.5 Å². The van der Waals surface area contributed by atoms with Gasteiger partial charge in [0.1, 0.15) is 11.3 Å². The number of aryl methyl sites for hydroxylation is 2. The molecule has 0 fully saturated rings. The number of amides is 1. The molecule has 0 saturated heterocycles. The second-order valence-electron chi connectivity index (χ2n) is 7.28. The molecule has 6 heteroatoms. The number of rotatable bonds is 7. The first-order valence-corrected chi connectivity index (χ1v) is 9.92. The maximum atomic E-state index is 12.9. The number of methoxy groups -OCH3 is 1. The van der Waals surface area contributed by atoms with Crippen molar-refractivity contribution >= 4 is 28.3 Å². The first-order valence-electron chi connectivity index (χ1n) is 9.92. The number of fused-ring (bicyclic) bond motifs is 1. The fraction of sp³-hybridized carbons (Fsp3) is 0.240. The highest BCUT2D eigenvalue weighted by molar-refractivity contribution is 6.01. The van der Waals surface area contributed by atoms with Gasteiger partial charge in [-0.25, -0.2) is 4.79 Å². The number of hydrogen-bond donors (Lipinski definition) is 0. The lowest BCUT2D eigenvalue weighted by Gasteiger charge is -2.22. The van der Waals surface area contributed by atoms with E-state index in [9.17, 15) is 9.59 Å². The number of ether oxygens (including phenoxy) is 2. The summed E-state index contributed by atoms with van der Waals surface area (Å²) in [5.74, 6) is -0.656. The average Bonchev–Trinajstić information content (AvgIpc) is 2.76. The number of carbonyl (C=O) groups is 2. The van der Waals surface area contributed by atoms with Crippen LogP contribution in [0.5, 0.6) is 5.75 Å². The largest absolute Gasteiger partial charge is 0.496 e. The van der Waals surface area contributed by atoms with Crippen molar-refractivity contribution in [2.45, 2.75) is 20.3 Å². The topological polar surface area (TPSA) is 79.6 Å². The van der Waals surface area contributed by atoms with Gasteiger partial charge in [-0.3, -0.25) is 4.79 Å². The van der Waals surface area contributed by atoms with Crippen molar-refractivity contribution in [3.05, 3.63) is 71.3 Å². The van der Waals surface area contributed by atoms with Crippen molar-refractivity contribution in [3.63, 3.8) is 0 Å². The molecule has 3 aromatic carbocycles. The van der Waals surface area contributed by atoms with Crippen LogP contribution >= 0.6 is 0 Å². The molecule has 31 heavy (non-hydrogen) atoms. The minimum Gasteiger partial charge on any atom is -0.496 e. The summed E-state index contributed by atoms with van der Waals surface area (Å²) in [6, 6.07) is 18.9. The molecule has 3 rings (SSSR count). The third-order valence-electron chi connectivity index (χ3n) is 4.88. The van der Waals surface area contributed by atoms with E-state index >= 15 is 0 Å². The SMILES string of the molecule is COc1cc2ccccc2cc1C(=O)OCC(=O)N(CCC#N)c1cc(C)cc(C)c1. The van der Waals surface area contributed by atoms with Crippen molar-refractivity contribution < 1.29 is 19.1 Å². The van der Waals surface area contributed by atoms with Gasteiger partial charge in [-0.1, -0.05) is 30.3 Å². The van der Waals surface area contributed by atoms with Crippen molar-refractivity contribution in [2.24, 2.45) is 0 Å². The van der Waals surface area contributed by atoms with Gasteiger partial charge in [0.25, 0.3) is 5.91 Å². The minimum absolute atomic E-state index is 0.172. The Morgan fingerprint density at radius 1 is 1.00 bits per heavy atom. The third kappa shape index (κ3) is 5.20. The van der Waals surface area contributed by atoms with Gasteiger partial charge in [-0.15, -0.1) is 0 Å². The monoisotopic (exact) mass is 416 g/mol. The Morgan fingerprint density at radius 3 is 2.26 bits per heavy atom. The smallest absolute Gasteiger partial charge is 0.342 e. The van der Waals surface area contributed by atoms with Crippen molar-refractivity contribution in [2.75, 3.05) is 25.2 Å². The summed E-state index contributed by atoms with van der Waals surface area (Å²) < 4.78 is 10.7. The fourth-order valence-corrected chi connectivity index (χ4v) is 3.50. The molecule has 6 nitrogen and oxygen atoms in total.